The van der Waals surface area contributed by atoms with E-state index in [4.69, 9.17) is 11.6 Å². The lowest BCUT2D eigenvalue weighted by Gasteiger charge is -2.08. The lowest BCUT2D eigenvalue weighted by atomic mass is 10.7. The molecule has 14 heavy (non-hydrogen) atoms. The third-order valence-corrected chi connectivity index (χ3v) is 3.99. The molecule has 1 aromatic rings. The van der Waals surface area contributed by atoms with Gasteiger partial charge in [-0.1, -0.05) is 11.6 Å². The molecule has 0 bridgehead atoms. The summed E-state index contributed by atoms with van der Waals surface area (Å²) in [6, 6.07) is 0. The second-order valence-electron chi connectivity index (χ2n) is 2.94. The Morgan fingerprint density at radius 1 is 1.50 bits per heavy atom. The molecule has 1 rings (SSSR count). The second-order valence-corrected chi connectivity index (χ2v) is 5.17. The van der Waals surface area contributed by atoms with Crippen molar-refractivity contribution >= 4 is 39.3 Å². The van der Waals surface area contributed by atoms with Crippen LogP contribution in [0.1, 0.15) is 0 Å². The van der Waals surface area contributed by atoms with E-state index < -0.39 is 0 Å². The van der Waals surface area contributed by atoms with Crippen molar-refractivity contribution in [3.8, 4) is 0 Å². The molecule has 78 valence electrons. The van der Waals surface area contributed by atoms with Gasteiger partial charge in [0, 0.05) is 12.3 Å². The average Bonchev–Trinajstić information content (AvgIpc) is 2.12. The smallest absolute Gasteiger partial charge is 0.147 e. The molecule has 0 saturated carbocycles. The average molecular weight is 297 g/mol. The van der Waals surface area contributed by atoms with Crippen LogP contribution >= 0.6 is 39.3 Å². The number of nitrogens with zero attached hydrogens (tertiary/aromatic N) is 3. The molecule has 0 aliphatic rings. The fourth-order valence-electron chi connectivity index (χ4n) is 0.759. The summed E-state index contributed by atoms with van der Waals surface area (Å²) in [7, 11) is 4.09. The van der Waals surface area contributed by atoms with Crippen LogP contribution in [0.3, 0.4) is 0 Å². The molecule has 0 amide bonds. The van der Waals surface area contributed by atoms with Crippen LogP contribution in [0, 0.1) is 0 Å². The van der Waals surface area contributed by atoms with Gasteiger partial charge in [-0.25, -0.2) is 9.97 Å². The van der Waals surface area contributed by atoms with Crippen molar-refractivity contribution in [3.63, 3.8) is 0 Å². The Morgan fingerprint density at radius 2 is 2.21 bits per heavy atom. The van der Waals surface area contributed by atoms with Crippen LogP contribution in [-0.4, -0.2) is 41.3 Å². The van der Waals surface area contributed by atoms with Crippen molar-refractivity contribution in [1.29, 1.82) is 0 Å². The molecule has 0 aliphatic carbocycles. The minimum atomic E-state index is 0.465. The normalized spacial score (nSPS) is 10.9. The van der Waals surface area contributed by atoms with Crippen molar-refractivity contribution in [3.05, 3.63) is 16.0 Å². The van der Waals surface area contributed by atoms with Gasteiger partial charge in [0.2, 0.25) is 0 Å². The Morgan fingerprint density at radius 3 is 2.86 bits per heavy atom. The molecule has 0 atom stereocenters. The highest BCUT2D eigenvalue weighted by atomic mass is 79.9. The molecule has 0 aliphatic heterocycles. The van der Waals surface area contributed by atoms with E-state index in [-0.39, 0.29) is 0 Å². The van der Waals surface area contributed by atoms with E-state index in [1.54, 1.807) is 11.8 Å². The van der Waals surface area contributed by atoms with Gasteiger partial charge in [0.25, 0.3) is 0 Å². The van der Waals surface area contributed by atoms with Gasteiger partial charge in [0.1, 0.15) is 16.5 Å². The predicted molar refractivity (Wildman–Crippen MR) is 64.0 cm³/mol. The predicted octanol–water partition coefficient (Wildman–Crippen LogP) is 2.55. The Bertz CT molecular complexity index is 309. The lowest BCUT2D eigenvalue weighted by molar-refractivity contribution is 0.437. The summed E-state index contributed by atoms with van der Waals surface area (Å²) in [5.74, 6) is 0.985. The van der Waals surface area contributed by atoms with Crippen LogP contribution in [0.4, 0.5) is 0 Å². The SMILES string of the molecule is CN(C)CCSc1ncnc(Cl)c1Br. The molecule has 6 heteroatoms. The van der Waals surface area contributed by atoms with Gasteiger partial charge < -0.3 is 4.90 Å². The van der Waals surface area contributed by atoms with Gasteiger partial charge in [0.15, 0.2) is 0 Å². The fraction of sp³-hybridized carbons (Fsp3) is 0.500. The first-order chi connectivity index (χ1) is 6.61. The maximum absolute atomic E-state index is 5.83. The maximum atomic E-state index is 5.83. The summed E-state index contributed by atoms with van der Waals surface area (Å²) in [5, 5.41) is 1.36. The van der Waals surface area contributed by atoms with Crippen LogP contribution in [0.5, 0.6) is 0 Å². The monoisotopic (exact) mass is 295 g/mol. The quantitative estimate of drug-likeness (QED) is 0.631. The van der Waals surface area contributed by atoms with E-state index in [1.165, 1.54) is 6.33 Å². The van der Waals surface area contributed by atoms with Crippen molar-refractivity contribution < 1.29 is 0 Å². The zero-order chi connectivity index (χ0) is 10.6. The topological polar surface area (TPSA) is 29.0 Å². The zero-order valence-electron chi connectivity index (χ0n) is 8.00. The van der Waals surface area contributed by atoms with Gasteiger partial charge >= 0.3 is 0 Å². The summed E-state index contributed by atoms with van der Waals surface area (Å²) in [4.78, 5) is 10.1. The fourth-order valence-corrected chi connectivity index (χ4v) is 2.49. The number of hydrogen-bond acceptors (Lipinski definition) is 4. The Hall–Kier alpha value is 0.160. The van der Waals surface area contributed by atoms with E-state index in [2.05, 4.69) is 30.8 Å². The molecule has 1 heterocycles. The molecule has 3 nitrogen and oxygen atoms in total. The summed E-state index contributed by atoms with van der Waals surface area (Å²) in [6.45, 7) is 1.01. The first-order valence-electron chi connectivity index (χ1n) is 4.05. The van der Waals surface area contributed by atoms with Crippen LogP contribution in [0.25, 0.3) is 0 Å². The van der Waals surface area contributed by atoms with Crippen molar-refractivity contribution in [2.24, 2.45) is 0 Å². The van der Waals surface area contributed by atoms with Gasteiger partial charge in [-0.3, -0.25) is 0 Å². The Balaban J connectivity index is 2.54. The molecule has 0 N–H and O–H groups in total. The highest BCUT2D eigenvalue weighted by molar-refractivity contribution is 9.10. The molecule has 0 saturated heterocycles. The molecule has 0 fully saturated rings. The molecule has 1 aromatic heterocycles. The number of halogens is 2. The van der Waals surface area contributed by atoms with Crippen LogP contribution in [0.2, 0.25) is 5.15 Å². The Kier molecular flexibility index (Phi) is 5.15. The summed E-state index contributed by atoms with van der Waals surface area (Å²) >= 11 is 10.9. The number of hydrogen-bond donors (Lipinski definition) is 0. The molecule has 0 spiro atoms. The van der Waals surface area contributed by atoms with Crippen LogP contribution in [0.15, 0.2) is 15.8 Å². The number of rotatable bonds is 4. The molecular weight excluding hydrogens is 286 g/mol. The minimum Gasteiger partial charge on any atom is -0.309 e. The zero-order valence-corrected chi connectivity index (χ0v) is 11.2. The van der Waals surface area contributed by atoms with Gasteiger partial charge in [-0.05, 0) is 30.0 Å². The second kappa shape index (κ2) is 5.90. The molecule has 0 radical (unpaired) electrons. The maximum Gasteiger partial charge on any atom is 0.147 e. The van der Waals surface area contributed by atoms with E-state index in [1.807, 2.05) is 14.1 Å². The van der Waals surface area contributed by atoms with Crippen molar-refractivity contribution in [1.82, 2.24) is 14.9 Å². The summed E-state index contributed by atoms with van der Waals surface area (Å²) in [6.07, 6.45) is 1.48. The van der Waals surface area contributed by atoms with Crippen molar-refractivity contribution in [2.45, 2.75) is 5.03 Å². The third-order valence-electron chi connectivity index (χ3n) is 1.49. The molecule has 0 unspecified atom stereocenters. The summed E-state index contributed by atoms with van der Waals surface area (Å²) in [5.41, 5.74) is 0. The molecule has 0 aromatic carbocycles. The van der Waals surface area contributed by atoms with Crippen molar-refractivity contribution in [2.75, 3.05) is 26.4 Å². The summed E-state index contributed by atoms with van der Waals surface area (Å²) < 4.78 is 0.783. The molecular formula is C8H11BrClN3S. The Labute approximate surface area is 101 Å². The van der Waals surface area contributed by atoms with E-state index >= 15 is 0 Å². The minimum absolute atomic E-state index is 0.465. The highest BCUT2D eigenvalue weighted by Gasteiger charge is 2.06. The van der Waals surface area contributed by atoms with Gasteiger partial charge in [0.05, 0.1) is 4.47 Å². The van der Waals surface area contributed by atoms with Gasteiger partial charge in [-0.15, -0.1) is 11.8 Å². The number of thioether (sulfide) groups is 1. The van der Waals surface area contributed by atoms with Crippen LogP contribution in [-0.2, 0) is 0 Å². The largest absolute Gasteiger partial charge is 0.309 e. The first kappa shape index (κ1) is 12.2. The standard InChI is InChI=1S/C8H11BrClN3S/c1-13(2)3-4-14-8-6(9)7(10)11-5-12-8/h5H,3-4H2,1-2H3. The first-order valence-corrected chi connectivity index (χ1v) is 6.20. The lowest BCUT2D eigenvalue weighted by Crippen LogP contribution is -2.14. The van der Waals surface area contributed by atoms with Gasteiger partial charge in [-0.2, -0.15) is 0 Å². The van der Waals surface area contributed by atoms with Crippen LogP contribution < -0.4 is 0 Å². The third kappa shape index (κ3) is 3.73. The highest BCUT2D eigenvalue weighted by Crippen LogP contribution is 2.29. The number of aromatic nitrogens is 2. The van der Waals surface area contributed by atoms with E-state index in [0.717, 1.165) is 21.8 Å². The van der Waals surface area contributed by atoms with E-state index in [0.29, 0.717) is 5.15 Å². The van der Waals surface area contributed by atoms with E-state index in [9.17, 15) is 0 Å².